The lowest BCUT2D eigenvalue weighted by molar-refractivity contribution is 0.363. The van der Waals surface area contributed by atoms with Crippen LogP contribution in [0, 0.1) is 25.7 Å². The van der Waals surface area contributed by atoms with Gasteiger partial charge < -0.3 is 4.42 Å². The maximum Gasteiger partial charge on any atom is 0.339 e. The average Bonchev–Trinajstić information content (AvgIpc) is 2.43. The van der Waals surface area contributed by atoms with E-state index < -0.39 is 0 Å². The van der Waals surface area contributed by atoms with Gasteiger partial charge in [-0.3, -0.25) is 0 Å². The molecule has 0 fully saturated rings. The van der Waals surface area contributed by atoms with Gasteiger partial charge in [-0.05, 0) is 68.1 Å². The minimum Gasteiger partial charge on any atom is -0.422 e. The number of hydrogen-bond donors (Lipinski definition) is 0. The van der Waals surface area contributed by atoms with E-state index in [1.807, 2.05) is 6.92 Å². The predicted octanol–water partition coefficient (Wildman–Crippen LogP) is 4.56. The van der Waals surface area contributed by atoms with Crippen LogP contribution in [0.1, 0.15) is 48.9 Å². The van der Waals surface area contributed by atoms with Gasteiger partial charge in [-0.25, -0.2) is 4.79 Å². The molecule has 0 radical (unpaired) electrons. The lowest BCUT2D eigenvalue weighted by Gasteiger charge is -2.26. The second-order valence-electron chi connectivity index (χ2n) is 6.97. The standard InChI is InChI=1S/C19H24O2/c1-11(2)9-14-6-8-15-16-7-5-12(3)13(4)18(16)21-19(20)17(15)10-14/h5,7,11,14H,6,8-10H2,1-4H3. The van der Waals surface area contributed by atoms with Gasteiger partial charge in [-0.15, -0.1) is 0 Å². The number of aryl methyl sites for hydroxylation is 3. The summed E-state index contributed by atoms with van der Waals surface area (Å²) in [6.07, 6.45) is 4.29. The highest BCUT2D eigenvalue weighted by Gasteiger charge is 2.25. The summed E-state index contributed by atoms with van der Waals surface area (Å²) < 4.78 is 5.67. The normalized spacial score (nSPS) is 18.2. The molecule has 0 N–H and O–H groups in total. The summed E-state index contributed by atoms with van der Waals surface area (Å²) in [7, 11) is 0. The monoisotopic (exact) mass is 284 g/mol. The Morgan fingerprint density at radius 3 is 2.71 bits per heavy atom. The first kappa shape index (κ1) is 14.4. The molecule has 112 valence electrons. The summed E-state index contributed by atoms with van der Waals surface area (Å²) in [6.45, 7) is 8.61. The van der Waals surface area contributed by atoms with E-state index in [0.717, 1.165) is 34.9 Å². The Morgan fingerprint density at radius 1 is 1.24 bits per heavy atom. The molecule has 1 aliphatic rings. The molecule has 0 spiro atoms. The van der Waals surface area contributed by atoms with Gasteiger partial charge in [0.1, 0.15) is 5.58 Å². The second-order valence-corrected chi connectivity index (χ2v) is 6.97. The number of benzene rings is 1. The molecule has 0 amide bonds. The minimum absolute atomic E-state index is 0.111. The summed E-state index contributed by atoms with van der Waals surface area (Å²) in [5.41, 5.74) is 5.13. The van der Waals surface area contributed by atoms with E-state index in [0.29, 0.717) is 11.8 Å². The molecule has 0 saturated heterocycles. The van der Waals surface area contributed by atoms with E-state index >= 15 is 0 Å². The Labute approximate surface area is 126 Å². The fraction of sp³-hybridized carbons (Fsp3) is 0.526. The van der Waals surface area contributed by atoms with Crippen molar-refractivity contribution in [1.82, 2.24) is 0 Å². The zero-order chi connectivity index (χ0) is 15.1. The van der Waals surface area contributed by atoms with E-state index in [4.69, 9.17) is 4.42 Å². The summed E-state index contributed by atoms with van der Waals surface area (Å²) >= 11 is 0. The Hall–Kier alpha value is -1.57. The second kappa shape index (κ2) is 5.32. The largest absolute Gasteiger partial charge is 0.422 e. The van der Waals surface area contributed by atoms with Crippen LogP contribution in [0.15, 0.2) is 21.3 Å². The zero-order valence-corrected chi connectivity index (χ0v) is 13.5. The molecule has 1 atom stereocenters. The summed E-state index contributed by atoms with van der Waals surface area (Å²) in [5, 5.41) is 1.15. The first-order valence-corrected chi connectivity index (χ1v) is 8.02. The molecule has 0 saturated carbocycles. The van der Waals surface area contributed by atoms with Crippen molar-refractivity contribution < 1.29 is 4.42 Å². The van der Waals surface area contributed by atoms with Crippen LogP contribution in [0.3, 0.4) is 0 Å². The fourth-order valence-corrected chi connectivity index (χ4v) is 3.70. The van der Waals surface area contributed by atoms with Crippen LogP contribution in [0.25, 0.3) is 11.0 Å². The van der Waals surface area contributed by atoms with Crippen LogP contribution in [0.2, 0.25) is 0 Å². The maximum absolute atomic E-state index is 12.4. The third-order valence-electron chi connectivity index (χ3n) is 4.91. The lowest BCUT2D eigenvalue weighted by atomic mass is 9.79. The van der Waals surface area contributed by atoms with Gasteiger partial charge in [0.15, 0.2) is 0 Å². The third kappa shape index (κ3) is 2.52. The van der Waals surface area contributed by atoms with Crippen molar-refractivity contribution in [3.8, 4) is 0 Å². The van der Waals surface area contributed by atoms with Gasteiger partial charge in [0.2, 0.25) is 0 Å². The van der Waals surface area contributed by atoms with Gasteiger partial charge in [0.05, 0.1) is 0 Å². The third-order valence-corrected chi connectivity index (χ3v) is 4.91. The van der Waals surface area contributed by atoms with Crippen LogP contribution in [0.4, 0.5) is 0 Å². The molecular formula is C19H24O2. The fourth-order valence-electron chi connectivity index (χ4n) is 3.70. The molecule has 1 unspecified atom stereocenters. The van der Waals surface area contributed by atoms with Crippen LogP contribution in [-0.4, -0.2) is 0 Å². The number of rotatable bonds is 2. The average molecular weight is 284 g/mol. The summed E-state index contributed by atoms with van der Waals surface area (Å²) in [4.78, 5) is 12.4. The minimum atomic E-state index is -0.111. The van der Waals surface area contributed by atoms with E-state index in [-0.39, 0.29) is 5.63 Å². The molecule has 2 aromatic rings. The van der Waals surface area contributed by atoms with Crippen molar-refractivity contribution >= 4 is 11.0 Å². The van der Waals surface area contributed by atoms with Crippen molar-refractivity contribution in [1.29, 1.82) is 0 Å². The summed E-state index contributed by atoms with van der Waals surface area (Å²) in [5.74, 6) is 1.32. The number of hydrogen-bond acceptors (Lipinski definition) is 2. The van der Waals surface area contributed by atoms with Gasteiger partial charge in [0, 0.05) is 10.9 Å². The number of fused-ring (bicyclic) bond motifs is 3. The SMILES string of the molecule is Cc1ccc2c3c(c(=O)oc2c1C)CC(CC(C)C)CC3. The van der Waals surface area contributed by atoms with Gasteiger partial charge in [-0.2, -0.15) is 0 Å². The molecule has 1 aromatic heterocycles. The van der Waals surface area contributed by atoms with Crippen LogP contribution < -0.4 is 5.63 Å². The van der Waals surface area contributed by atoms with E-state index in [1.165, 1.54) is 24.0 Å². The van der Waals surface area contributed by atoms with Crippen molar-refractivity contribution in [3.63, 3.8) is 0 Å². The molecule has 21 heavy (non-hydrogen) atoms. The van der Waals surface area contributed by atoms with Crippen LogP contribution in [-0.2, 0) is 12.8 Å². The first-order chi connectivity index (χ1) is 9.97. The molecule has 1 aromatic carbocycles. The maximum atomic E-state index is 12.4. The first-order valence-electron chi connectivity index (χ1n) is 8.02. The molecule has 0 aliphatic heterocycles. The quantitative estimate of drug-likeness (QED) is 0.757. The van der Waals surface area contributed by atoms with Gasteiger partial charge in [-0.1, -0.05) is 26.0 Å². The Kier molecular flexibility index (Phi) is 3.64. The Morgan fingerprint density at radius 2 is 2.00 bits per heavy atom. The topological polar surface area (TPSA) is 30.2 Å². The van der Waals surface area contributed by atoms with E-state index in [2.05, 4.69) is 32.9 Å². The highest BCUT2D eigenvalue weighted by molar-refractivity contribution is 5.85. The van der Waals surface area contributed by atoms with Crippen LogP contribution in [0.5, 0.6) is 0 Å². The molecule has 1 heterocycles. The van der Waals surface area contributed by atoms with Crippen molar-refractivity contribution in [3.05, 3.63) is 44.8 Å². The van der Waals surface area contributed by atoms with Gasteiger partial charge >= 0.3 is 5.63 Å². The molecule has 0 bridgehead atoms. The van der Waals surface area contributed by atoms with Crippen molar-refractivity contribution in [2.75, 3.05) is 0 Å². The van der Waals surface area contributed by atoms with Gasteiger partial charge in [0.25, 0.3) is 0 Å². The highest BCUT2D eigenvalue weighted by Crippen LogP contribution is 2.33. The molecule has 2 heteroatoms. The molecule has 1 aliphatic carbocycles. The van der Waals surface area contributed by atoms with E-state index in [9.17, 15) is 4.79 Å². The Bertz CT molecular complexity index is 737. The molecule has 2 nitrogen and oxygen atoms in total. The molecule has 3 rings (SSSR count). The summed E-state index contributed by atoms with van der Waals surface area (Å²) in [6, 6.07) is 4.26. The zero-order valence-electron chi connectivity index (χ0n) is 13.5. The molecular weight excluding hydrogens is 260 g/mol. The van der Waals surface area contributed by atoms with Crippen molar-refractivity contribution in [2.45, 2.75) is 53.4 Å². The lowest BCUT2D eigenvalue weighted by Crippen LogP contribution is -2.23. The smallest absolute Gasteiger partial charge is 0.339 e. The van der Waals surface area contributed by atoms with E-state index in [1.54, 1.807) is 0 Å². The predicted molar refractivity (Wildman–Crippen MR) is 86.9 cm³/mol. The Balaban J connectivity index is 2.12. The van der Waals surface area contributed by atoms with Crippen LogP contribution >= 0.6 is 0 Å². The highest BCUT2D eigenvalue weighted by atomic mass is 16.4. The van der Waals surface area contributed by atoms with Crippen molar-refractivity contribution in [2.24, 2.45) is 11.8 Å².